The normalized spacial score (nSPS) is 12.2. The third-order valence-electron chi connectivity index (χ3n) is 3.11. The van der Waals surface area contributed by atoms with E-state index in [1.54, 1.807) is 13.8 Å². The average Bonchev–Trinajstić information content (AvgIpc) is 2.36. The van der Waals surface area contributed by atoms with Crippen molar-refractivity contribution in [1.82, 2.24) is 5.32 Å². The lowest BCUT2D eigenvalue weighted by Crippen LogP contribution is -2.38. The Morgan fingerprint density at radius 1 is 1.16 bits per heavy atom. The summed E-state index contributed by atoms with van der Waals surface area (Å²) in [7, 11) is 0. The lowest BCUT2D eigenvalue weighted by Gasteiger charge is -2.16. The first-order chi connectivity index (χ1) is 8.95. The molecule has 0 fully saturated rings. The van der Waals surface area contributed by atoms with Gasteiger partial charge in [-0.25, -0.2) is 0 Å². The van der Waals surface area contributed by atoms with E-state index in [9.17, 15) is 9.59 Å². The molecule has 0 heterocycles. The van der Waals surface area contributed by atoms with Gasteiger partial charge in [0, 0.05) is 6.54 Å². The quantitative estimate of drug-likeness (QED) is 0.773. The number of hydrogen-bond donors (Lipinski definition) is 2. The predicted octanol–water partition coefficient (Wildman–Crippen LogP) is 2.22. The average molecular weight is 263 g/mol. The Kier molecular flexibility index (Phi) is 5.55. The molecular formula is C15H21NO3. The molecule has 1 amide bonds. The molecule has 4 heteroatoms. The number of carbonyl (C=O) groups excluding carboxylic acids is 1. The van der Waals surface area contributed by atoms with E-state index in [0.717, 1.165) is 12.0 Å². The first-order valence-corrected chi connectivity index (χ1v) is 6.54. The van der Waals surface area contributed by atoms with E-state index in [-0.39, 0.29) is 5.92 Å². The van der Waals surface area contributed by atoms with E-state index in [2.05, 4.69) is 12.2 Å². The Labute approximate surface area is 113 Å². The Morgan fingerprint density at radius 2 is 1.68 bits per heavy atom. The molecule has 0 saturated heterocycles. The molecule has 0 aliphatic carbocycles. The minimum Gasteiger partial charge on any atom is -0.481 e. The maximum Gasteiger partial charge on any atom is 0.316 e. The summed E-state index contributed by atoms with van der Waals surface area (Å²) >= 11 is 0. The molecule has 1 rings (SSSR count). The number of nitrogens with one attached hydrogen (secondary N) is 1. The van der Waals surface area contributed by atoms with Crippen molar-refractivity contribution in [1.29, 1.82) is 0 Å². The Balaban J connectivity index is 2.59. The molecule has 1 unspecified atom stereocenters. The van der Waals surface area contributed by atoms with Crippen molar-refractivity contribution in [3.05, 3.63) is 35.4 Å². The first kappa shape index (κ1) is 15.2. The molecule has 0 spiro atoms. The van der Waals surface area contributed by atoms with E-state index < -0.39 is 17.8 Å². The molecule has 1 aromatic carbocycles. The van der Waals surface area contributed by atoms with E-state index in [4.69, 9.17) is 5.11 Å². The Morgan fingerprint density at radius 3 is 2.11 bits per heavy atom. The second kappa shape index (κ2) is 6.92. The van der Waals surface area contributed by atoms with Crippen LogP contribution in [-0.2, 0) is 22.6 Å². The number of carboxylic acid groups (broad SMARTS) is 1. The second-order valence-corrected chi connectivity index (χ2v) is 4.95. The number of aryl methyl sites for hydroxylation is 1. The lowest BCUT2D eigenvalue weighted by atomic mass is 9.95. The summed E-state index contributed by atoms with van der Waals surface area (Å²) in [6.07, 6.45) is 0.973. The molecule has 0 radical (unpaired) electrons. The highest BCUT2D eigenvalue weighted by Gasteiger charge is 2.29. The van der Waals surface area contributed by atoms with Gasteiger partial charge in [0.15, 0.2) is 0 Å². The zero-order valence-corrected chi connectivity index (χ0v) is 11.6. The fourth-order valence-corrected chi connectivity index (χ4v) is 1.89. The highest BCUT2D eigenvalue weighted by molar-refractivity contribution is 5.97. The minimum absolute atomic E-state index is 0.222. The van der Waals surface area contributed by atoms with Crippen molar-refractivity contribution < 1.29 is 14.7 Å². The monoisotopic (exact) mass is 263 g/mol. The highest BCUT2D eigenvalue weighted by Crippen LogP contribution is 2.12. The van der Waals surface area contributed by atoms with Gasteiger partial charge < -0.3 is 10.4 Å². The maximum absolute atomic E-state index is 11.8. The smallest absolute Gasteiger partial charge is 0.316 e. The number of carboxylic acids is 1. The summed E-state index contributed by atoms with van der Waals surface area (Å²) in [6.45, 7) is 5.90. The van der Waals surface area contributed by atoms with Crippen LogP contribution in [0.2, 0.25) is 0 Å². The number of aliphatic carboxylic acids is 1. The van der Waals surface area contributed by atoms with Crippen LogP contribution < -0.4 is 5.32 Å². The van der Waals surface area contributed by atoms with Gasteiger partial charge in [-0.05, 0) is 23.5 Å². The van der Waals surface area contributed by atoms with Crippen LogP contribution in [0.5, 0.6) is 0 Å². The molecule has 0 aliphatic rings. The summed E-state index contributed by atoms with van der Waals surface area (Å²) < 4.78 is 0. The topological polar surface area (TPSA) is 66.4 Å². The molecule has 0 bridgehead atoms. The molecular weight excluding hydrogens is 242 g/mol. The SMILES string of the molecule is CCc1ccc(CNC(=O)C(C(=O)O)C(C)C)cc1. The molecule has 0 aliphatic heterocycles. The van der Waals surface area contributed by atoms with Gasteiger partial charge in [-0.2, -0.15) is 0 Å². The number of carbonyl (C=O) groups is 2. The Bertz CT molecular complexity index is 437. The second-order valence-electron chi connectivity index (χ2n) is 4.95. The fraction of sp³-hybridized carbons (Fsp3) is 0.467. The summed E-state index contributed by atoms with van der Waals surface area (Å²) in [4.78, 5) is 22.8. The van der Waals surface area contributed by atoms with Crippen molar-refractivity contribution in [3.63, 3.8) is 0 Å². The van der Waals surface area contributed by atoms with E-state index in [1.165, 1.54) is 5.56 Å². The van der Waals surface area contributed by atoms with Crippen LogP contribution in [0.1, 0.15) is 31.9 Å². The van der Waals surface area contributed by atoms with Crippen molar-refractivity contribution in [2.45, 2.75) is 33.7 Å². The fourth-order valence-electron chi connectivity index (χ4n) is 1.89. The van der Waals surface area contributed by atoms with Crippen LogP contribution >= 0.6 is 0 Å². The van der Waals surface area contributed by atoms with E-state index in [0.29, 0.717) is 6.54 Å². The molecule has 1 atom stereocenters. The molecule has 2 N–H and O–H groups in total. The number of amides is 1. The lowest BCUT2D eigenvalue weighted by molar-refractivity contribution is -0.148. The van der Waals surface area contributed by atoms with Crippen LogP contribution in [0.3, 0.4) is 0 Å². The molecule has 19 heavy (non-hydrogen) atoms. The van der Waals surface area contributed by atoms with Crippen LogP contribution in [0.25, 0.3) is 0 Å². The predicted molar refractivity (Wildman–Crippen MR) is 73.6 cm³/mol. The summed E-state index contributed by atoms with van der Waals surface area (Å²) in [6, 6.07) is 7.92. The van der Waals surface area contributed by atoms with Gasteiger partial charge in [0.2, 0.25) is 5.91 Å². The Hall–Kier alpha value is -1.84. The molecule has 0 aromatic heterocycles. The zero-order valence-electron chi connectivity index (χ0n) is 11.6. The first-order valence-electron chi connectivity index (χ1n) is 6.54. The van der Waals surface area contributed by atoms with Gasteiger partial charge in [-0.1, -0.05) is 45.0 Å². The van der Waals surface area contributed by atoms with E-state index in [1.807, 2.05) is 24.3 Å². The largest absolute Gasteiger partial charge is 0.481 e. The number of hydrogen-bond acceptors (Lipinski definition) is 2. The van der Waals surface area contributed by atoms with Gasteiger partial charge >= 0.3 is 5.97 Å². The van der Waals surface area contributed by atoms with Crippen molar-refractivity contribution in [3.8, 4) is 0 Å². The van der Waals surface area contributed by atoms with Gasteiger partial charge in [-0.3, -0.25) is 9.59 Å². The van der Waals surface area contributed by atoms with Crippen molar-refractivity contribution >= 4 is 11.9 Å². The minimum atomic E-state index is -1.08. The van der Waals surface area contributed by atoms with E-state index >= 15 is 0 Å². The van der Waals surface area contributed by atoms with Crippen molar-refractivity contribution in [2.24, 2.45) is 11.8 Å². The summed E-state index contributed by atoms with van der Waals surface area (Å²) in [5.74, 6) is -2.72. The summed E-state index contributed by atoms with van der Waals surface area (Å²) in [5, 5.41) is 11.7. The van der Waals surface area contributed by atoms with Crippen LogP contribution in [0.15, 0.2) is 24.3 Å². The summed E-state index contributed by atoms with van der Waals surface area (Å²) in [5.41, 5.74) is 2.21. The van der Waals surface area contributed by atoms with Gasteiger partial charge in [0.1, 0.15) is 5.92 Å². The number of rotatable bonds is 6. The molecule has 4 nitrogen and oxygen atoms in total. The van der Waals surface area contributed by atoms with Gasteiger partial charge in [0.25, 0.3) is 0 Å². The maximum atomic E-state index is 11.8. The van der Waals surface area contributed by atoms with Gasteiger partial charge in [0.05, 0.1) is 0 Å². The van der Waals surface area contributed by atoms with Gasteiger partial charge in [-0.15, -0.1) is 0 Å². The molecule has 1 aromatic rings. The highest BCUT2D eigenvalue weighted by atomic mass is 16.4. The van der Waals surface area contributed by atoms with Crippen molar-refractivity contribution in [2.75, 3.05) is 0 Å². The third kappa shape index (κ3) is 4.39. The zero-order chi connectivity index (χ0) is 14.4. The third-order valence-corrected chi connectivity index (χ3v) is 3.11. The van der Waals surface area contributed by atoms with Crippen LogP contribution in [-0.4, -0.2) is 17.0 Å². The molecule has 0 saturated carbocycles. The van der Waals surface area contributed by atoms with Crippen LogP contribution in [0.4, 0.5) is 0 Å². The van der Waals surface area contributed by atoms with Crippen LogP contribution in [0, 0.1) is 11.8 Å². The molecule has 104 valence electrons. The number of benzene rings is 1. The standard InChI is InChI=1S/C15H21NO3/c1-4-11-5-7-12(8-6-11)9-16-14(17)13(10(2)3)15(18)19/h5-8,10,13H,4,9H2,1-3H3,(H,16,17)(H,18,19).